The van der Waals surface area contributed by atoms with Gasteiger partial charge in [-0.15, -0.1) is 0 Å². The predicted octanol–water partition coefficient (Wildman–Crippen LogP) is 2.28. The Hall–Kier alpha value is -1.36. The molecule has 0 aliphatic rings. The van der Waals surface area contributed by atoms with E-state index in [-0.39, 0.29) is 5.91 Å². The second kappa shape index (κ2) is 3.42. The third-order valence-corrected chi connectivity index (χ3v) is 2.31. The zero-order chi connectivity index (χ0) is 10.1. The van der Waals surface area contributed by atoms with Crippen LogP contribution in [-0.4, -0.2) is 16.1 Å². The van der Waals surface area contributed by atoms with Crippen molar-refractivity contribution in [3.63, 3.8) is 0 Å². The lowest BCUT2D eigenvalue weighted by molar-refractivity contribution is -0.114. The van der Waals surface area contributed by atoms with Gasteiger partial charge in [-0.2, -0.15) is 5.10 Å². The van der Waals surface area contributed by atoms with Crippen LogP contribution in [0.3, 0.4) is 0 Å². The van der Waals surface area contributed by atoms with E-state index in [4.69, 9.17) is 0 Å². The number of carbonyl (C=O) groups excluding carboxylic acids is 1. The molecule has 2 N–H and O–H groups in total. The average Bonchev–Trinajstić information content (AvgIpc) is 2.47. The number of aromatic amines is 1. The van der Waals surface area contributed by atoms with Gasteiger partial charge in [0.2, 0.25) is 5.91 Å². The van der Waals surface area contributed by atoms with Crippen molar-refractivity contribution in [3.8, 4) is 0 Å². The number of benzene rings is 1. The van der Waals surface area contributed by atoms with Crippen LogP contribution in [0.5, 0.6) is 0 Å². The van der Waals surface area contributed by atoms with Crippen molar-refractivity contribution < 1.29 is 4.79 Å². The highest BCUT2D eigenvalue weighted by Gasteiger charge is 2.06. The number of nitrogens with zero attached hydrogens (tertiary/aromatic N) is 1. The van der Waals surface area contributed by atoms with Crippen molar-refractivity contribution in [2.24, 2.45) is 0 Å². The minimum Gasteiger partial charge on any atom is -0.309 e. The van der Waals surface area contributed by atoms with Crippen LogP contribution in [0.1, 0.15) is 6.92 Å². The molecule has 5 heteroatoms. The fourth-order valence-corrected chi connectivity index (χ4v) is 1.61. The molecule has 1 aromatic carbocycles. The van der Waals surface area contributed by atoms with Crippen LogP contribution in [-0.2, 0) is 4.79 Å². The van der Waals surface area contributed by atoms with Crippen molar-refractivity contribution >= 4 is 38.6 Å². The molecule has 14 heavy (non-hydrogen) atoms. The van der Waals surface area contributed by atoms with Crippen molar-refractivity contribution in [2.45, 2.75) is 6.92 Å². The van der Waals surface area contributed by atoms with Gasteiger partial charge in [-0.05, 0) is 18.2 Å². The molecule has 0 radical (unpaired) electrons. The first kappa shape index (κ1) is 9.21. The van der Waals surface area contributed by atoms with Gasteiger partial charge in [0.1, 0.15) is 0 Å². The number of aromatic nitrogens is 2. The Balaban J connectivity index is 2.52. The maximum atomic E-state index is 10.8. The maximum absolute atomic E-state index is 10.8. The highest BCUT2D eigenvalue weighted by Crippen LogP contribution is 2.23. The van der Waals surface area contributed by atoms with Gasteiger partial charge in [-0.25, -0.2) is 0 Å². The molecule has 0 saturated carbocycles. The van der Waals surface area contributed by atoms with E-state index in [2.05, 4.69) is 31.4 Å². The lowest BCUT2D eigenvalue weighted by Crippen LogP contribution is -2.06. The molecule has 2 aromatic rings. The second-order valence-electron chi connectivity index (χ2n) is 2.94. The average molecular weight is 254 g/mol. The summed E-state index contributed by atoms with van der Waals surface area (Å²) in [7, 11) is 0. The Bertz CT molecular complexity index is 492. The van der Waals surface area contributed by atoms with Crippen LogP contribution >= 0.6 is 15.9 Å². The summed E-state index contributed by atoms with van der Waals surface area (Å²) in [4.78, 5) is 10.8. The van der Waals surface area contributed by atoms with E-state index in [9.17, 15) is 4.79 Å². The number of hydrogen-bond donors (Lipinski definition) is 2. The zero-order valence-corrected chi connectivity index (χ0v) is 9.05. The van der Waals surface area contributed by atoms with Crippen LogP contribution < -0.4 is 5.32 Å². The van der Waals surface area contributed by atoms with Crippen molar-refractivity contribution in [2.75, 3.05) is 5.32 Å². The number of hydrogen-bond acceptors (Lipinski definition) is 2. The van der Waals surface area contributed by atoms with Crippen molar-refractivity contribution in [3.05, 3.63) is 22.7 Å². The number of rotatable bonds is 1. The van der Waals surface area contributed by atoms with Gasteiger partial charge in [0.25, 0.3) is 0 Å². The number of carbonyl (C=O) groups is 1. The topological polar surface area (TPSA) is 57.8 Å². The Morgan fingerprint density at radius 2 is 2.36 bits per heavy atom. The monoisotopic (exact) mass is 253 g/mol. The highest BCUT2D eigenvalue weighted by atomic mass is 79.9. The van der Waals surface area contributed by atoms with Crippen LogP contribution in [0.4, 0.5) is 5.82 Å². The molecule has 0 saturated heterocycles. The lowest BCUT2D eigenvalue weighted by atomic mass is 10.2. The van der Waals surface area contributed by atoms with Crippen molar-refractivity contribution in [1.29, 1.82) is 0 Å². The Labute approximate surface area is 88.8 Å². The number of nitrogens with one attached hydrogen (secondary N) is 2. The third kappa shape index (κ3) is 1.63. The second-order valence-corrected chi connectivity index (χ2v) is 3.86. The maximum Gasteiger partial charge on any atom is 0.222 e. The summed E-state index contributed by atoms with van der Waals surface area (Å²) < 4.78 is 0.975. The Morgan fingerprint density at radius 3 is 3.07 bits per heavy atom. The zero-order valence-electron chi connectivity index (χ0n) is 7.47. The van der Waals surface area contributed by atoms with E-state index in [0.29, 0.717) is 5.82 Å². The smallest absolute Gasteiger partial charge is 0.222 e. The molecule has 0 bridgehead atoms. The van der Waals surface area contributed by atoms with E-state index in [1.807, 2.05) is 18.2 Å². The van der Waals surface area contributed by atoms with Gasteiger partial charge in [-0.3, -0.25) is 9.89 Å². The minimum absolute atomic E-state index is 0.124. The number of anilines is 1. The third-order valence-electron chi connectivity index (χ3n) is 1.82. The first-order chi connectivity index (χ1) is 6.66. The molecule has 0 fully saturated rings. The Kier molecular flexibility index (Phi) is 2.25. The molecule has 4 nitrogen and oxygen atoms in total. The van der Waals surface area contributed by atoms with Gasteiger partial charge in [-0.1, -0.05) is 15.9 Å². The van der Waals surface area contributed by atoms with Gasteiger partial charge >= 0.3 is 0 Å². The lowest BCUT2D eigenvalue weighted by Gasteiger charge is -1.96. The molecule has 0 aliphatic carbocycles. The van der Waals surface area contributed by atoms with Crippen molar-refractivity contribution in [1.82, 2.24) is 10.2 Å². The first-order valence-corrected chi connectivity index (χ1v) is 4.87. The minimum atomic E-state index is -0.124. The van der Waals surface area contributed by atoms with E-state index in [1.54, 1.807) is 0 Å². The summed E-state index contributed by atoms with van der Waals surface area (Å²) in [5, 5.41) is 10.4. The van der Waals surface area contributed by atoms with E-state index in [0.717, 1.165) is 15.4 Å². The van der Waals surface area contributed by atoms with Gasteiger partial charge in [0, 0.05) is 16.8 Å². The SMILES string of the molecule is CC(=O)Nc1n[nH]c2cc(Br)ccc12. The molecule has 0 atom stereocenters. The molecular weight excluding hydrogens is 246 g/mol. The van der Waals surface area contributed by atoms with Crippen LogP contribution in [0, 0.1) is 0 Å². The summed E-state index contributed by atoms with van der Waals surface area (Å²) in [6.45, 7) is 1.46. The molecular formula is C9H8BrN3O. The predicted molar refractivity (Wildman–Crippen MR) is 58.1 cm³/mol. The van der Waals surface area contributed by atoms with Crippen LogP contribution in [0.15, 0.2) is 22.7 Å². The highest BCUT2D eigenvalue weighted by molar-refractivity contribution is 9.10. The summed E-state index contributed by atoms with van der Waals surface area (Å²) in [6, 6.07) is 5.71. The van der Waals surface area contributed by atoms with Gasteiger partial charge in [0.05, 0.1) is 5.52 Å². The number of H-pyrrole nitrogens is 1. The van der Waals surface area contributed by atoms with E-state index >= 15 is 0 Å². The van der Waals surface area contributed by atoms with Crippen LogP contribution in [0.2, 0.25) is 0 Å². The number of halogens is 1. The molecule has 0 aliphatic heterocycles. The molecule has 0 unspecified atom stereocenters. The Morgan fingerprint density at radius 1 is 1.57 bits per heavy atom. The largest absolute Gasteiger partial charge is 0.309 e. The molecule has 0 spiro atoms. The fraction of sp³-hybridized carbons (Fsp3) is 0.111. The quantitative estimate of drug-likeness (QED) is 0.820. The number of fused-ring (bicyclic) bond motifs is 1. The van der Waals surface area contributed by atoms with E-state index in [1.165, 1.54) is 6.92 Å². The fourth-order valence-electron chi connectivity index (χ4n) is 1.25. The summed E-state index contributed by atoms with van der Waals surface area (Å²) in [5.74, 6) is 0.446. The standard InChI is InChI=1S/C9H8BrN3O/c1-5(14)11-9-7-3-2-6(10)4-8(7)12-13-9/h2-4H,1H3,(H2,11,12,13,14). The van der Waals surface area contributed by atoms with Gasteiger partial charge in [0.15, 0.2) is 5.82 Å². The molecule has 1 aromatic heterocycles. The van der Waals surface area contributed by atoms with Gasteiger partial charge < -0.3 is 5.32 Å². The summed E-state index contributed by atoms with van der Waals surface area (Å²) in [6.07, 6.45) is 0. The normalized spacial score (nSPS) is 10.4. The van der Waals surface area contributed by atoms with Crippen LogP contribution in [0.25, 0.3) is 10.9 Å². The summed E-state index contributed by atoms with van der Waals surface area (Å²) in [5.41, 5.74) is 0.892. The summed E-state index contributed by atoms with van der Waals surface area (Å²) >= 11 is 3.36. The van der Waals surface area contributed by atoms with E-state index < -0.39 is 0 Å². The molecule has 1 amide bonds. The molecule has 2 rings (SSSR count). The number of amides is 1. The molecule has 1 heterocycles. The molecule has 72 valence electrons. The first-order valence-electron chi connectivity index (χ1n) is 4.08.